The van der Waals surface area contributed by atoms with E-state index in [1.807, 2.05) is 65.6 Å². The zero-order chi connectivity index (χ0) is 17.2. The maximum absolute atomic E-state index is 12.9. The van der Waals surface area contributed by atoms with Crippen molar-refractivity contribution in [3.05, 3.63) is 71.8 Å². The molecule has 1 amide bonds. The van der Waals surface area contributed by atoms with E-state index in [0.717, 1.165) is 36.1 Å². The minimum Gasteiger partial charge on any atom is -0.331 e. The molecule has 4 rings (SSSR count). The molecule has 0 spiro atoms. The summed E-state index contributed by atoms with van der Waals surface area (Å²) in [4.78, 5) is 14.9. The maximum Gasteiger partial charge on any atom is 0.254 e. The second-order valence-electron chi connectivity index (χ2n) is 6.50. The van der Waals surface area contributed by atoms with Gasteiger partial charge in [-0.05, 0) is 36.6 Å². The number of aromatic nitrogens is 4. The number of hydrogen-bond donors (Lipinski definition) is 0. The Balaban J connectivity index is 1.50. The Morgan fingerprint density at radius 1 is 1.24 bits per heavy atom. The molecule has 1 atom stereocenters. The highest BCUT2D eigenvalue weighted by Gasteiger charge is 2.31. The molecule has 1 aromatic carbocycles. The van der Waals surface area contributed by atoms with E-state index >= 15 is 0 Å². The van der Waals surface area contributed by atoms with Crippen molar-refractivity contribution in [2.75, 3.05) is 6.54 Å². The lowest BCUT2D eigenvalue weighted by Gasteiger charge is -2.24. The van der Waals surface area contributed by atoms with Crippen molar-refractivity contribution < 1.29 is 4.79 Å². The van der Waals surface area contributed by atoms with Gasteiger partial charge in [-0.1, -0.05) is 12.1 Å². The number of amides is 1. The number of nitrogens with zero attached hydrogens (tertiary/aromatic N) is 5. The van der Waals surface area contributed by atoms with Crippen molar-refractivity contribution in [2.24, 2.45) is 7.05 Å². The zero-order valence-electron chi connectivity index (χ0n) is 14.2. The average molecular weight is 335 g/mol. The predicted octanol–water partition coefficient (Wildman–Crippen LogP) is 2.64. The van der Waals surface area contributed by atoms with Crippen molar-refractivity contribution in [1.82, 2.24) is 24.5 Å². The van der Waals surface area contributed by atoms with Crippen LogP contribution in [0, 0.1) is 0 Å². The van der Waals surface area contributed by atoms with E-state index in [1.54, 1.807) is 10.9 Å². The molecule has 1 fully saturated rings. The van der Waals surface area contributed by atoms with Crippen molar-refractivity contribution in [3.63, 3.8) is 0 Å². The molecule has 0 saturated carbocycles. The molecule has 2 aromatic heterocycles. The highest BCUT2D eigenvalue weighted by molar-refractivity contribution is 5.94. The highest BCUT2D eigenvalue weighted by atomic mass is 16.2. The lowest BCUT2D eigenvalue weighted by Crippen LogP contribution is -2.30. The van der Waals surface area contributed by atoms with Crippen LogP contribution in [0.4, 0.5) is 0 Å². The second kappa shape index (κ2) is 6.55. The number of carbonyl (C=O) groups is 1. The molecule has 128 valence electrons. The third-order valence-corrected chi connectivity index (χ3v) is 4.73. The number of aryl methyl sites for hydroxylation is 1. The highest BCUT2D eigenvalue weighted by Crippen LogP contribution is 2.32. The molecular formula is C19H21N5O. The predicted molar refractivity (Wildman–Crippen MR) is 94.0 cm³/mol. The molecule has 6 nitrogen and oxygen atoms in total. The summed E-state index contributed by atoms with van der Waals surface area (Å²) in [6, 6.07) is 9.88. The Morgan fingerprint density at radius 3 is 2.76 bits per heavy atom. The smallest absolute Gasteiger partial charge is 0.254 e. The second-order valence-corrected chi connectivity index (χ2v) is 6.50. The summed E-state index contributed by atoms with van der Waals surface area (Å²) in [6.45, 7) is 1.51. The van der Waals surface area contributed by atoms with Gasteiger partial charge in [0.15, 0.2) is 0 Å². The maximum atomic E-state index is 12.9. The average Bonchev–Trinajstić information content (AvgIpc) is 3.36. The fourth-order valence-corrected chi connectivity index (χ4v) is 3.47. The van der Waals surface area contributed by atoms with Crippen LogP contribution >= 0.6 is 0 Å². The van der Waals surface area contributed by atoms with Gasteiger partial charge in [0.25, 0.3) is 5.91 Å². The Bertz CT molecular complexity index is 850. The van der Waals surface area contributed by atoms with E-state index in [1.165, 1.54) is 0 Å². The van der Waals surface area contributed by atoms with Crippen molar-refractivity contribution >= 4 is 5.91 Å². The number of rotatable bonds is 4. The van der Waals surface area contributed by atoms with Gasteiger partial charge in [0.05, 0.1) is 18.8 Å². The van der Waals surface area contributed by atoms with Gasteiger partial charge in [0, 0.05) is 43.3 Å². The molecule has 6 heteroatoms. The number of hydrogen-bond acceptors (Lipinski definition) is 3. The molecule has 0 radical (unpaired) electrons. The summed E-state index contributed by atoms with van der Waals surface area (Å²) in [7, 11) is 1.91. The fraction of sp³-hybridized carbons (Fsp3) is 0.316. The Morgan fingerprint density at radius 2 is 2.08 bits per heavy atom. The van der Waals surface area contributed by atoms with Gasteiger partial charge < -0.3 is 4.90 Å². The van der Waals surface area contributed by atoms with Gasteiger partial charge in [-0.25, -0.2) is 0 Å². The molecule has 0 bridgehead atoms. The molecule has 0 unspecified atom stereocenters. The summed E-state index contributed by atoms with van der Waals surface area (Å²) in [5.41, 5.74) is 2.98. The first-order chi connectivity index (χ1) is 12.2. The topological polar surface area (TPSA) is 56.0 Å². The first kappa shape index (κ1) is 15.6. The first-order valence-corrected chi connectivity index (χ1v) is 8.56. The number of benzene rings is 1. The summed E-state index contributed by atoms with van der Waals surface area (Å²) >= 11 is 0. The van der Waals surface area contributed by atoms with Gasteiger partial charge in [0.1, 0.15) is 0 Å². The Labute approximate surface area is 146 Å². The summed E-state index contributed by atoms with van der Waals surface area (Å²) in [5, 5.41) is 8.46. The first-order valence-electron chi connectivity index (χ1n) is 8.56. The number of carbonyl (C=O) groups excluding carboxylic acids is 1. The normalized spacial score (nSPS) is 17.2. The van der Waals surface area contributed by atoms with Crippen LogP contribution in [-0.4, -0.2) is 36.9 Å². The van der Waals surface area contributed by atoms with E-state index in [-0.39, 0.29) is 11.9 Å². The monoisotopic (exact) mass is 335 g/mol. The van der Waals surface area contributed by atoms with Gasteiger partial charge in [-0.2, -0.15) is 10.2 Å². The van der Waals surface area contributed by atoms with Crippen LogP contribution in [0.5, 0.6) is 0 Å². The molecule has 3 aromatic rings. The van der Waals surface area contributed by atoms with Crippen molar-refractivity contribution in [3.8, 4) is 0 Å². The fourth-order valence-electron chi connectivity index (χ4n) is 3.47. The van der Waals surface area contributed by atoms with E-state index in [2.05, 4.69) is 10.2 Å². The molecule has 1 saturated heterocycles. The van der Waals surface area contributed by atoms with Gasteiger partial charge in [-0.3, -0.25) is 14.2 Å². The van der Waals surface area contributed by atoms with Crippen LogP contribution in [0.15, 0.2) is 55.1 Å². The van der Waals surface area contributed by atoms with E-state index in [9.17, 15) is 4.79 Å². The third kappa shape index (κ3) is 3.20. The minimum absolute atomic E-state index is 0.0944. The van der Waals surface area contributed by atoms with Crippen LogP contribution in [0.25, 0.3) is 0 Å². The van der Waals surface area contributed by atoms with E-state index in [0.29, 0.717) is 6.54 Å². The number of likely N-dealkylation sites (tertiary alicyclic amines) is 1. The van der Waals surface area contributed by atoms with Crippen LogP contribution in [0.1, 0.15) is 40.4 Å². The van der Waals surface area contributed by atoms with Gasteiger partial charge >= 0.3 is 0 Å². The largest absolute Gasteiger partial charge is 0.331 e. The van der Waals surface area contributed by atoms with Crippen LogP contribution in [-0.2, 0) is 13.6 Å². The van der Waals surface area contributed by atoms with E-state index < -0.39 is 0 Å². The molecular weight excluding hydrogens is 314 g/mol. The van der Waals surface area contributed by atoms with Gasteiger partial charge in [-0.15, -0.1) is 0 Å². The lowest BCUT2D eigenvalue weighted by atomic mass is 10.1. The standard InChI is InChI=1S/C19H21N5O/c1-22-14-17(12-21-22)18-4-2-11-24(18)19(25)16-7-5-15(6-8-16)13-23-10-3-9-20-23/h3,5-10,12,14,18H,2,4,11,13H2,1H3/t18-/m0/s1. The van der Waals surface area contributed by atoms with Gasteiger partial charge in [0.2, 0.25) is 0 Å². The van der Waals surface area contributed by atoms with E-state index in [4.69, 9.17) is 0 Å². The molecule has 3 heterocycles. The van der Waals surface area contributed by atoms with Crippen molar-refractivity contribution in [2.45, 2.75) is 25.4 Å². The molecule has 0 N–H and O–H groups in total. The molecule has 1 aliphatic heterocycles. The summed E-state index contributed by atoms with van der Waals surface area (Å²) < 4.78 is 3.66. The molecule has 0 aliphatic carbocycles. The SMILES string of the molecule is Cn1cc([C@@H]2CCCN2C(=O)c2ccc(Cn3cccn3)cc2)cn1. The zero-order valence-corrected chi connectivity index (χ0v) is 14.2. The van der Waals surface area contributed by atoms with Crippen LogP contribution < -0.4 is 0 Å². The third-order valence-electron chi connectivity index (χ3n) is 4.73. The summed E-state index contributed by atoms with van der Waals surface area (Å²) in [5.74, 6) is 0.0944. The Hall–Kier alpha value is -2.89. The lowest BCUT2D eigenvalue weighted by molar-refractivity contribution is 0.0735. The molecule has 1 aliphatic rings. The quantitative estimate of drug-likeness (QED) is 0.736. The van der Waals surface area contributed by atoms with Crippen molar-refractivity contribution in [1.29, 1.82) is 0 Å². The van der Waals surface area contributed by atoms with Crippen LogP contribution in [0.2, 0.25) is 0 Å². The Kier molecular flexibility index (Phi) is 4.09. The molecule has 25 heavy (non-hydrogen) atoms. The minimum atomic E-state index is 0.0944. The van der Waals surface area contributed by atoms with Crippen LogP contribution in [0.3, 0.4) is 0 Å². The summed E-state index contributed by atoms with van der Waals surface area (Å²) in [6.07, 6.45) is 9.59.